The number of likely N-dealkylation sites (tertiary alicyclic amines) is 1. The number of nitrogens with one attached hydrogen (secondary N) is 1. The second kappa shape index (κ2) is 5.65. The van der Waals surface area contributed by atoms with E-state index in [4.69, 9.17) is 10.7 Å². The molecule has 2 rings (SSSR count). The third kappa shape index (κ3) is 3.80. The van der Waals surface area contributed by atoms with Gasteiger partial charge in [0.1, 0.15) is 10.6 Å². The Labute approximate surface area is 130 Å². The molecule has 7 heteroatoms. The lowest BCUT2D eigenvalue weighted by Gasteiger charge is -2.38. The summed E-state index contributed by atoms with van der Waals surface area (Å²) in [7, 11) is 1.45. The van der Waals surface area contributed by atoms with E-state index in [1.807, 2.05) is 0 Å². The number of hydrogen-bond acceptors (Lipinski definition) is 3. The van der Waals surface area contributed by atoms with Crippen molar-refractivity contribution in [2.24, 2.45) is 11.3 Å². The van der Waals surface area contributed by atoms with E-state index in [0.29, 0.717) is 19.0 Å². The van der Waals surface area contributed by atoms with Gasteiger partial charge in [0.05, 0.1) is 0 Å². The van der Waals surface area contributed by atoms with E-state index >= 15 is 0 Å². The summed E-state index contributed by atoms with van der Waals surface area (Å²) in [5.74, 6) is 0.429. The van der Waals surface area contributed by atoms with Crippen molar-refractivity contribution in [2.75, 3.05) is 13.1 Å². The van der Waals surface area contributed by atoms with Gasteiger partial charge in [0.25, 0.3) is 15.0 Å². The van der Waals surface area contributed by atoms with Gasteiger partial charge in [-0.2, -0.15) is 0 Å². The van der Waals surface area contributed by atoms with Crippen LogP contribution in [0.1, 0.15) is 44.1 Å². The molecule has 5 nitrogen and oxygen atoms in total. The Morgan fingerprint density at radius 1 is 1.33 bits per heavy atom. The normalized spacial score (nSPS) is 18.0. The minimum atomic E-state index is -3.80. The van der Waals surface area contributed by atoms with E-state index < -0.39 is 9.05 Å². The van der Waals surface area contributed by atoms with Crippen molar-refractivity contribution in [3.05, 3.63) is 18.0 Å². The zero-order valence-electron chi connectivity index (χ0n) is 12.5. The first-order valence-corrected chi connectivity index (χ1v) is 9.32. The third-order valence-corrected chi connectivity index (χ3v) is 5.51. The van der Waals surface area contributed by atoms with Gasteiger partial charge in [-0.3, -0.25) is 4.79 Å². The molecule has 0 radical (unpaired) electrons. The van der Waals surface area contributed by atoms with Crippen molar-refractivity contribution in [3.8, 4) is 0 Å². The van der Waals surface area contributed by atoms with Crippen LogP contribution in [0.2, 0.25) is 0 Å². The Kier molecular flexibility index (Phi) is 4.40. The molecule has 1 amide bonds. The first-order valence-electron chi connectivity index (χ1n) is 7.01. The summed E-state index contributed by atoms with van der Waals surface area (Å²) in [6.07, 6.45) is 3.19. The lowest BCUT2D eigenvalue weighted by atomic mass is 9.75. The maximum atomic E-state index is 12.4. The summed E-state index contributed by atoms with van der Waals surface area (Å²) < 4.78 is 22.4. The second-order valence-electron chi connectivity index (χ2n) is 6.62. The lowest BCUT2D eigenvalue weighted by molar-refractivity contribution is 0.0604. The molecule has 1 aromatic rings. The number of hydrogen-bond donors (Lipinski definition) is 1. The molecule has 118 valence electrons. The molecule has 1 saturated heterocycles. The van der Waals surface area contributed by atoms with Crippen LogP contribution in [-0.4, -0.2) is 37.3 Å². The summed E-state index contributed by atoms with van der Waals surface area (Å²) in [4.78, 5) is 16.7. The maximum absolute atomic E-state index is 12.4. The molecule has 0 saturated carbocycles. The lowest BCUT2D eigenvalue weighted by Crippen LogP contribution is -2.41. The van der Waals surface area contributed by atoms with Crippen LogP contribution < -0.4 is 0 Å². The van der Waals surface area contributed by atoms with Crippen LogP contribution >= 0.6 is 10.7 Å². The molecule has 2 heterocycles. The van der Waals surface area contributed by atoms with E-state index in [-0.39, 0.29) is 21.9 Å². The largest absolute Gasteiger partial charge is 0.356 e. The average Bonchev–Trinajstić information content (AvgIpc) is 2.86. The van der Waals surface area contributed by atoms with Gasteiger partial charge in [-0.1, -0.05) is 20.8 Å². The first-order chi connectivity index (χ1) is 9.59. The van der Waals surface area contributed by atoms with Crippen molar-refractivity contribution >= 4 is 25.6 Å². The monoisotopic (exact) mass is 332 g/mol. The summed E-state index contributed by atoms with van der Waals surface area (Å²) >= 11 is 0. The Morgan fingerprint density at radius 3 is 2.33 bits per heavy atom. The van der Waals surface area contributed by atoms with E-state index in [1.165, 1.54) is 12.3 Å². The van der Waals surface area contributed by atoms with Crippen LogP contribution in [0.25, 0.3) is 0 Å². The fourth-order valence-corrected chi connectivity index (χ4v) is 3.48. The number of rotatable bonds is 2. The van der Waals surface area contributed by atoms with Crippen molar-refractivity contribution < 1.29 is 13.2 Å². The fraction of sp³-hybridized carbons (Fsp3) is 0.643. The predicted molar refractivity (Wildman–Crippen MR) is 81.9 cm³/mol. The number of amides is 1. The molecule has 1 aliphatic rings. The van der Waals surface area contributed by atoms with Crippen molar-refractivity contribution in [1.82, 2.24) is 9.88 Å². The molecule has 1 fully saturated rings. The number of carbonyl (C=O) groups is 1. The molecule has 0 aliphatic carbocycles. The number of aromatic amines is 1. The molecule has 0 unspecified atom stereocenters. The number of piperidine rings is 1. The number of nitrogens with zero attached hydrogens (tertiary/aromatic N) is 1. The van der Waals surface area contributed by atoms with Gasteiger partial charge in [-0.05, 0) is 30.2 Å². The maximum Gasteiger partial charge on any atom is 0.270 e. The average molecular weight is 333 g/mol. The summed E-state index contributed by atoms with van der Waals surface area (Å²) in [6, 6.07) is 1.29. The van der Waals surface area contributed by atoms with Crippen molar-refractivity contribution in [1.29, 1.82) is 0 Å². The minimum Gasteiger partial charge on any atom is -0.356 e. The van der Waals surface area contributed by atoms with Crippen LogP contribution in [0, 0.1) is 11.3 Å². The summed E-state index contributed by atoms with van der Waals surface area (Å²) in [5.41, 5.74) is 0.518. The highest BCUT2D eigenvalue weighted by Gasteiger charge is 2.31. The SMILES string of the molecule is CC(C)(C)C1CCN(C(=O)c2cc(S(=O)(=O)Cl)c[nH]2)CC1. The molecule has 0 atom stereocenters. The molecule has 0 bridgehead atoms. The Morgan fingerprint density at radius 2 is 1.90 bits per heavy atom. The number of halogens is 1. The van der Waals surface area contributed by atoms with Crippen LogP contribution in [0.3, 0.4) is 0 Å². The number of H-pyrrole nitrogens is 1. The minimum absolute atomic E-state index is 0.0721. The van der Waals surface area contributed by atoms with Gasteiger partial charge < -0.3 is 9.88 Å². The van der Waals surface area contributed by atoms with Crippen LogP contribution in [0.4, 0.5) is 0 Å². The van der Waals surface area contributed by atoms with Gasteiger partial charge in [0, 0.05) is 30.0 Å². The quantitative estimate of drug-likeness (QED) is 0.846. The molecule has 0 aromatic carbocycles. The number of carbonyl (C=O) groups excluding carboxylic acids is 1. The molecular weight excluding hydrogens is 312 g/mol. The van der Waals surface area contributed by atoms with Crippen molar-refractivity contribution in [2.45, 2.75) is 38.5 Å². The Bertz CT molecular complexity index is 623. The third-order valence-electron chi connectivity index (χ3n) is 4.18. The van der Waals surface area contributed by atoms with Gasteiger partial charge in [-0.15, -0.1) is 0 Å². The van der Waals surface area contributed by atoms with E-state index in [0.717, 1.165) is 12.8 Å². The Balaban J connectivity index is 2.04. The second-order valence-corrected chi connectivity index (χ2v) is 9.19. The Hall–Kier alpha value is -1.01. The predicted octanol–water partition coefficient (Wildman–Crippen LogP) is 2.84. The molecular formula is C14H21ClN2O3S. The molecule has 0 spiro atoms. The number of aromatic nitrogens is 1. The van der Waals surface area contributed by atoms with Crippen LogP contribution in [0.5, 0.6) is 0 Å². The zero-order valence-corrected chi connectivity index (χ0v) is 14.1. The van der Waals surface area contributed by atoms with Gasteiger partial charge in [0.2, 0.25) is 0 Å². The topological polar surface area (TPSA) is 70.2 Å². The van der Waals surface area contributed by atoms with Gasteiger partial charge in [-0.25, -0.2) is 8.42 Å². The first kappa shape index (κ1) is 16.4. The zero-order chi connectivity index (χ0) is 15.8. The molecule has 1 N–H and O–H groups in total. The molecule has 1 aliphatic heterocycles. The highest BCUT2D eigenvalue weighted by atomic mass is 35.7. The highest BCUT2D eigenvalue weighted by Crippen LogP contribution is 2.34. The van der Waals surface area contributed by atoms with E-state index in [9.17, 15) is 13.2 Å². The van der Waals surface area contributed by atoms with Crippen LogP contribution in [-0.2, 0) is 9.05 Å². The smallest absolute Gasteiger partial charge is 0.270 e. The summed E-state index contributed by atoms with van der Waals surface area (Å²) in [5, 5.41) is 0. The molecule has 1 aromatic heterocycles. The van der Waals surface area contributed by atoms with E-state index in [2.05, 4.69) is 25.8 Å². The van der Waals surface area contributed by atoms with Crippen LogP contribution in [0.15, 0.2) is 17.2 Å². The van der Waals surface area contributed by atoms with Crippen molar-refractivity contribution in [3.63, 3.8) is 0 Å². The van der Waals surface area contributed by atoms with Gasteiger partial charge >= 0.3 is 0 Å². The fourth-order valence-electron chi connectivity index (χ4n) is 2.76. The summed E-state index contributed by atoms with van der Waals surface area (Å²) in [6.45, 7) is 8.05. The van der Waals surface area contributed by atoms with E-state index in [1.54, 1.807) is 4.90 Å². The highest BCUT2D eigenvalue weighted by molar-refractivity contribution is 8.13. The standard InChI is InChI=1S/C14H21ClN2O3S/c1-14(2,3)10-4-6-17(7-5-10)13(18)12-8-11(9-16-12)21(15,19)20/h8-10,16H,4-7H2,1-3H3. The van der Waals surface area contributed by atoms with Gasteiger partial charge in [0.15, 0.2) is 0 Å². The molecule has 21 heavy (non-hydrogen) atoms.